The van der Waals surface area contributed by atoms with Crippen LogP contribution < -0.4 is 40.6 Å². The Morgan fingerprint density at radius 2 is 1.92 bits per heavy atom. The SMILES string of the molecule is Nc1nc(C(=NOCc2ccc(O)c(O)c2F)C(=O)N[C@@H]2C(=O)N3C(C(=O)O)=C(Cn4nnnc4-c4ccc(O)c(O)c4)CS[C@H]23)cs1.[H-].[Na+]. The van der Waals surface area contributed by atoms with Crippen LogP contribution in [0.15, 0.2) is 52.1 Å². The fraction of sp³-hybridized carbons (Fsp3) is 0.185. The van der Waals surface area contributed by atoms with Gasteiger partial charge in [0, 0.05) is 22.3 Å². The number of nitrogens with two attached hydrogens (primary N) is 1. The number of aromatic hydroxyl groups is 4. The molecule has 22 heteroatoms. The number of nitrogens with zero attached hydrogens (tertiary/aromatic N) is 7. The molecule has 4 aromatic rings. The first kappa shape index (κ1) is 35.3. The van der Waals surface area contributed by atoms with Crippen molar-refractivity contribution in [2.45, 2.75) is 24.6 Å². The molecule has 0 unspecified atom stereocenters. The van der Waals surface area contributed by atoms with Gasteiger partial charge in [-0.2, -0.15) is 0 Å². The van der Waals surface area contributed by atoms with Gasteiger partial charge in [-0.25, -0.2) is 18.9 Å². The summed E-state index contributed by atoms with van der Waals surface area (Å²) in [5.41, 5.74) is 5.41. The van der Waals surface area contributed by atoms with Crippen molar-refractivity contribution in [2.24, 2.45) is 5.16 Å². The van der Waals surface area contributed by atoms with Crippen LogP contribution in [0.2, 0.25) is 0 Å². The number of anilines is 1. The number of nitrogens with one attached hydrogen (secondary N) is 1. The number of carbonyl (C=O) groups is 3. The molecule has 2 aromatic carbocycles. The Kier molecular flexibility index (Phi) is 10.3. The smallest absolute Gasteiger partial charge is 1.00 e. The number of thioether (sulfide) groups is 1. The number of hydrogen-bond donors (Lipinski definition) is 7. The molecule has 2 aliphatic heterocycles. The third-order valence-corrected chi connectivity index (χ3v) is 9.19. The van der Waals surface area contributed by atoms with Gasteiger partial charge in [-0.1, -0.05) is 5.16 Å². The number of aromatic nitrogens is 5. The molecule has 2 amide bonds. The first-order valence-electron chi connectivity index (χ1n) is 13.5. The molecule has 1 fully saturated rings. The van der Waals surface area contributed by atoms with E-state index in [9.17, 15) is 44.3 Å². The average molecular weight is 724 g/mol. The molecule has 0 aliphatic carbocycles. The Morgan fingerprint density at radius 3 is 2.61 bits per heavy atom. The number of amides is 2. The minimum Gasteiger partial charge on any atom is -1.00 e. The summed E-state index contributed by atoms with van der Waals surface area (Å²) in [5.74, 6) is -6.35. The van der Waals surface area contributed by atoms with Crippen LogP contribution in [0.3, 0.4) is 0 Å². The predicted octanol–water partition coefficient (Wildman–Crippen LogP) is -2.18. The molecule has 1 saturated heterocycles. The number of carbonyl (C=O) groups excluding carboxylic acids is 2. The molecule has 6 rings (SSSR count). The molecule has 2 aliphatic rings. The molecule has 4 heterocycles. The van der Waals surface area contributed by atoms with E-state index in [1.54, 1.807) is 0 Å². The maximum absolute atomic E-state index is 14.3. The number of oxime groups is 1. The van der Waals surface area contributed by atoms with Crippen LogP contribution in [0, 0.1) is 5.82 Å². The van der Waals surface area contributed by atoms with Gasteiger partial charge in [-0.3, -0.25) is 14.5 Å². The number of β-lactam (4-membered cyclic amide) rings is 1. The summed E-state index contributed by atoms with van der Waals surface area (Å²) in [6.07, 6.45) is 0. The number of benzene rings is 2. The zero-order valence-corrected chi connectivity index (χ0v) is 28.6. The standard InChI is InChI=1S/C27H22FN9O9S2.Na.H/c28-17-11(2-4-15(39)21(17)41)7-46-33-18(13-9-48-27(29)30-13)23(42)31-19-24(43)37-20(26(44)45)12(8-47-25(19)37)6-36-22(32-34-35-36)10-1-3-14(38)16(40)5-10;;/h1-5,9,19,25,38-41H,6-8H2,(H2,29,30)(H,31,42)(H,44,45);;/q;+1;-1/t19-,25-;;/m1../s1. The maximum atomic E-state index is 14.3. The molecule has 250 valence electrons. The van der Waals surface area contributed by atoms with Crippen LogP contribution in [0.5, 0.6) is 23.0 Å². The van der Waals surface area contributed by atoms with E-state index in [0.29, 0.717) is 11.1 Å². The molecule has 18 nitrogen and oxygen atoms in total. The number of halogens is 1. The van der Waals surface area contributed by atoms with Crippen molar-refractivity contribution in [2.75, 3.05) is 11.5 Å². The summed E-state index contributed by atoms with van der Waals surface area (Å²) < 4.78 is 15.6. The van der Waals surface area contributed by atoms with Crippen LogP contribution in [0.4, 0.5) is 9.52 Å². The van der Waals surface area contributed by atoms with Crippen molar-refractivity contribution in [1.82, 2.24) is 35.4 Å². The van der Waals surface area contributed by atoms with Crippen LogP contribution in [0.1, 0.15) is 12.7 Å². The Labute approximate surface area is 305 Å². The van der Waals surface area contributed by atoms with Gasteiger partial charge in [-0.05, 0) is 46.3 Å². The second-order valence-electron chi connectivity index (χ2n) is 10.2. The molecule has 2 aromatic heterocycles. The van der Waals surface area contributed by atoms with E-state index in [2.05, 4.69) is 31.0 Å². The molecule has 2 atom stereocenters. The largest absolute Gasteiger partial charge is 1.00 e. The number of carboxylic acids is 1. The van der Waals surface area contributed by atoms with Gasteiger partial charge in [0.15, 0.2) is 45.5 Å². The van der Waals surface area contributed by atoms with Crippen LogP contribution >= 0.6 is 23.1 Å². The number of fused-ring (bicyclic) bond motifs is 1. The molecule has 8 N–H and O–H groups in total. The molecular formula is C27H23FN9NaO9S2. The number of phenolic OH excluding ortho intramolecular Hbond substituents is 4. The normalized spacial score (nSPS) is 17.2. The number of nitrogen functional groups attached to an aromatic ring is 1. The van der Waals surface area contributed by atoms with Crippen LogP contribution in [-0.2, 0) is 32.4 Å². The van der Waals surface area contributed by atoms with E-state index in [1.807, 2.05) is 0 Å². The fourth-order valence-corrected chi connectivity index (χ4v) is 6.73. The van der Waals surface area contributed by atoms with E-state index in [4.69, 9.17) is 10.6 Å². The molecule has 0 radical (unpaired) electrons. The molecule has 0 spiro atoms. The summed E-state index contributed by atoms with van der Waals surface area (Å²) in [6.45, 7) is -0.692. The van der Waals surface area contributed by atoms with Gasteiger partial charge in [0.2, 0.25) is 0 Å². The van der Waals surface area contributed by atoms with Gasteiger partial charge >= 0.3 is 35.5 Å². The Morgan fingerprint density at radius 1 is 1.16 bits per heavy atom. The van der Waals surface area contributed by atoms with Crippen molar-refractivity contribution in [3.05, 3.63) is 64.1 Å². The quantitative estimate of drug-likeness (QED) is 0.0301. The van der Waals surface area contributed by atoms with E-state index < -0.39 is 64.6 Å². The number of hydrogen-bond acceptors (Lipinski definition) is 16. The van der Waals surface area contributed by atoms with Gasteiger partial charge in [0.25, 0.3) is 11.8 Å². The number of tetrazole rings is 1. The van der Waals surface area contributed by atoms with Gasteiger partial charge in [-0.15, -0.1) is 28.2 Å². The minimum absolute atomic E-state index is 0. The second-order valence-corrected chi connectivity index (χ2v) is 12.2. The number of thiazole rings is 1. The zero-order chi connectivity index (χ0) is 34.3. The summed E-state index contributed by atoms with van der Waals surface area (Å²) in [4.78, 5) is 49.3. The molecule has 49 heavy (non-hydrogen) atoms. The van der Waals surface area contributed by atoms with Crippen molar-refractivity contribution in [3.63, 3.8) is 0 Å². The van der Waals surface area contributed by atoms with Crippen LogP contribution in [0.25, 0.3) is 11.4 Å². The first-order chi connectivity index (χ1) is 22.9. The van der Waals surface area contributed by atoms with E-state index in [-0.39, 0.29) is 76.9 Å². The van der Waals surface area contributed by atoms with Gasteiger partial charge < -0.3 is 42.8 Å². The zero-order valence-electron chi connectivity index (χ0n) is 26.0. The Bertz CT molecular complexity index is 2050. The fourth-order valence-electron chi connectivity index (χ4n) is 4.85. The summed E-state index contributed by atoms with van der Waals surface area (Å²) >= 11 is 2.17. The van der Waals surface area contributed by atoms with Crippen LogP contribution in [-0.4, -0.2) is 96.3 Å². The predicted molar refractivity (Wildman–Crippen MR) is 165 cm³/mol. The molecule has 0 saturated carbocycles. The molecular weight excluding hydrogens is 700 g/mol. The third kappa shape index (κ3) is 6.83. The second kappa shape index (κ2) is 14.3. The Balaban J connectivity index is 0.00000281. The van der Waals surface area contributed by atoms with Gasteiger partial charge in [0.1, 0.15) is 29.4 Å². The summed E-state index contributed by atoms with van der Waals surface area (Å²) in [6, 6.07) is 4.95. The maximum Gasteiger partial charge on any atom is 1.00 e. The minimum atomic E-state index is -1.40. The van der Waals surface area contributed by atoms with Crippen molar-refractivity contribution in [3.8, 4) is 34.4 Å². The average Bonchev–Trinajstić information content (AvgIpc) is 3.71. The first-order valence-corrected chi connectivity index (χ1v) is 15.5. The third-order valence-electron chi connectivity index (χ3n) is 7.17. The summed E-state index contributed by atoms with van der Waals surface area (Å²) in [5, 5.41) is 67.1. The summed E-state index contributed by atoms with van der Waals surface area (Å²) in [7, 11) is 0. The Hall–Kier alpha value is -4.96. The van der Waals surface area contributed by atoms with E-state index in [0.717, 1.165) is 28.4 Å². The number of rotatable bonds is 10. The van der Waals surface area contributed by atoms with Crippen molar-refractivity contribution < 1.29 is 80.1 Å². The van der Waals surface area contributed by atoms with Crippen molar-refractivity contribution >= 4 is 51.7 Å². The van der Waals surface area contributed by atoms with E-state index >= 15 is 0 Å². The number of aliphatic carboxylic acids is 1. The van der Waals surface area contributed by atoms with Gasteiger partial charge in [0.05, 0.1) is 6.54 Å². The number of carboxylic acid groups (broad SMARTS) is 1. The monoisotopic (exact) mass is 723 g/mol. The number of phenols is 4. The molecule has 0 bridgehead atoms. The topological polar surface area (TPSA) is 272 Å². The van der Waals surface area contributed by atoms with Crippen molar-refractivity contribution in [1.29, 1.82) is 0 Å². The van der Waals surface area contributed by atoms with E-state index in [1.165, 1.54) is 40.0 Å².